The molecule has 0 aliphatic heterocycles. The molecule has 1 nitrogen and oxygen atoms in total. The summed E-state index contributed by atoms with van der Waals surface area (Å²) in [4.78, 5) is 0. The van der Waals surface area contributed by atoms with Crippen LogP contribution in [-0.4, -0.2) is 6.10 Å². The molecule has 0 aromatic carbocycles. The molecule has 2 rings (SSSR count). The van der Waals surface area contributed by atoms with E-state index < -0.39 is 0 Å². The Bertz CT molecular complexity index is 281. The number of hydrogen-bond acceptors (Lipinski definition) is 1. The zero-order valence-electron chi connectivity index (χ0n) is 9.47. The Morgan fingerprint density at radius 2 is 2.14 bits per heavy atom. The van der Waals surface area contributed by atoms with E-state index in [-0.39, 0.29) is 0 Å². The number of ether oxygens (including phenoxy) is 1. The fraction of sp³-hybridized carbons (Fsp3) is 0.769. The van der Waals surface area contributed by atoms with Crippen molar-refractivity contribution in [1.29, 1.82) is 0 Å². The van der Waals surface area contributed by atoms with Gasteiger partial charge in [0.05, 0.1) is 0 Å². The highest BCUT2D eigenvalue weighted by molar-refractivity contribution is 5.10. The van der Waals surface area contributed by atoms with Crippen molar-refractivity contribution < 1.29 is 4.74 Å². The van der Waals surface area contributed by atoms with Crippen LogP contribution in [0.1, 0.15) is 40.0 Å². The van der Waals surface area contributed by atoms with E-state index in [0.29, 0.717) is 16.9 Å². The van der Waals surface area contributed by atoms with Crippen molar-refractivity contribution in [3.05, 3.63) is 18.6 Å². The summed E-state index contributed by atoms with van der Waals surface area (Å²) in [5, 5.41) is 0. The van der Waals surface area contributed by atoms with E-state index in [1.54, 1.807) is 6.26 Å². The monoisotopic (exact) mass is 192 g/mol. The molecule has 3 unspecified atom stereocenters. The molecule has 2 bridgehead atoms. The average molecular weight is 192 g/mol. The molecule has 2 aliphatic carbocycles. The van der Waals surface area contributed by atoms with Gasteiger partial charge in [0, 0.05) is 10.8 Å². The summed E-state index contributed by atoms with van der Waals surface area (Å²) in [6.07, 6.45) is 6.01. The molecule has 2 aliphatic rings. The summed E-state index contributed by atoms with van der Waals surface area (Å²) in [5.74, 6) is 0.843. The second-order valence-corrected chi connectivity index (χ2v) is 5.75. The lowest BCUT2D eigenvalue weighted by Gasteiger charge is -2.41. The predicted molar refractivity (Wildman–Crippen MR) is 57.8 cm³/mol. The average Bonchev–Trinajstić information content (AvgIpc) is 2.55. The number of rotatable bonds is 2. The van der Waals surface area contributed by atoms with Gasteiger partial charge in [-0.1, -0.05) is 33.1 Å². The largest absolute Gasteiger partial charge is 0.489 e. The third kappa shape index (κ3) is 1.15. The predicted octanol–water partition coefficient (Wildman–Crippen LogP) is 3.52. The van der Waals surface area contributed by atoms with E-state index in [1.165, 1.54) is 19.3 Å². The molecule has 3 atom stereocenters. The van der Waals surface area contributed by atoms with Gasteiger partial charge in [0.25, 0.3) is 0 Å². The Balaban J connectivity index is 2.25. The quantitative estimate of drug-likeness (QED) is 0.480. The van der Waals surface area contributed by atoms with Crippen molar-refractivity contribution in [2.24, 2.45) is 16.7 Å². The minimum atomic E-state index is 0.320. The van der Waals surface area contributed by atoms with Gasteiger partial charge >= 0.3 is 0 Å². The van der Waals surface area contributed by atoms with Crippen molar-refractivity contribution in [3.8, 4) is 0 Å². The second kappa shape index (κ2) is 2.90. The lowest BCUT2D eigenvalue weighted by molar-refractivity contribution is -0.0438. The molecule has 2 saturated carbocycles. The fourth-order valence-corrected chi connectivity index (χ4v) is 3.71. The van der Waals surface area contributed by atoms with Crippen molar-refractivity contribution in [2.75, 3.05) is 0 Å². The molecule has 0 amide bonds. The van der Waals surface area contributed by atoms with Gasteiger partial charge in [0.1, 0.15) is 12.4 Å². The summed E-state index contributed by atoms with van der Waals surface area (Å²) in [7, 11) is 0. The summed E-state index contributed by atoms with van der Waals surface area (Å²) in [5.41, 5.74) is 3.42. The molecule has 0 spiro atoms. The first-order valence-electron chi connectivity index (χ1n) is 5.50. The lowest BCUT2D eigenvalue weighted by Crippen LogP contribution is -2.41. The normalized spacial score (nSPS) is 43.4. The SMILES string of the molecule is C=C=COC1C2(C)CCC(C2)C1(C)C. The van der Waals surface area contributed by atoms with Crippen LogP contribution in [0.5, 0.6) is 0 Å². The molecule has 0 N–H and O–H groups in total. The van der Waals surface area contributed by atoms with Crippen molar-refractivity contribution in [2.45, 2.75) is 46.1 Å². The van der Waals surface area contributed by atoms with E-state index in [1.807, 2.05) is 0 Å². The lowest BCUT2D eigenvalue weighted by atomic mass is 9.70. The Morgan fingerprint density at radius 3 is 2.64 bits per heavy atom. The number of fused-ring (bicyclic) bond motifs is 2. The maximum absolute atomic E-state index is 5.81. The Labute approximate surface area is 86.8 Å². The first-order valence-corrected chi connectivity index (χ1v) is 5.50. The van der Waals surface area contributed by atoms with Crippen LogP contribution in [0.2, 0.25) is 0 Å². The van der Waals surface area contributed by atoms with Crippen LogP contribution in [0.25, 0.3) is 0 Å². The van der Waals surface area contributed by atoms with Crippen LogP contribution < -0.4 is 0 Å². The topological polar surface area (TPSA) is 9.23 Å². The zero-order chi connectivity index (χ0) is 10.4. The van der Waals surface area contributed by atoms with Crippen molar-refractivity contribution in [3.63, 3.8) is 0 Å². The van der Waals surface area contributed by atoms with E-state index in [0.717, 1.165) is 5.92 Å². The smallest absolute Gasteiger partial charge is 0.125 e. The molecule has 0 radical (unpaired) electrons. The van der Waals surface area contributed by atoms with Crippen LogP contribution >= 0.6 is 0 Å². The van der Waals surface area contributed by atoms with E-state index in [9.17, 15) is 0 Å². The van der Waals surface area contributed by atoms with Gasteiger partial charge in [-0.15, -0.1) is 0 Å². The molecular formula is C13H20O. The maximum atomic E-state index is 5.81. The Hall–Kier alpha value is -0.680. The minimum Gasteiger partial charge on any atom is -0.489 e. The highest BCUT2D eigenvalue weighted by Crippen LogP contribution is 2.63. The van der Waals surface area contributed by atoms with Crippen LogP contribution in [0.15, 0.2) is 18.6 Å². The molecule has 0 saturated heterocycles. The van der Waals surface area contributed by atoms with Crippen molar-refractivity contribution in [1.82, 2.24) is 0 Å². The first kappa shape index (κ1) is 9.86. The third-order valence-electron chi connectivity index (χ3n) is 4.43. The molecule has 2 fully saturated rings. The van der Waals surface area contributed by atoms with Gasteiger partial charge in [-0.3, -0.25) is 0 Å². The van der Waals surface area contributed by atoms with Gasteiger partial charge in [-0.25, -0.2) is 0 Å². The summed E-state index contributed by atoms with van der Waals surface area (Å²) < 4.78 is 5.81. The van der Waals surface area contributed by atoms with Crippen molar-refractivity contribution >= 4 is 0 Å². The van der Waals surface area contributed by atoms with E-state index in [4.69, 9.17) is 4.74 Å². The molecule has 1 heteroatoms. The summed E-state index contributed by atoms with van der Waals surface area (Å²) in [6.45, 7) is 10.6. The molecule has 0 aromatic heterocycles. The van der Waals surface area contributed by atoms with Gasteiger partial charge in [0.15, 0.2) is 0 Å². The molecule has 78 valence electrons. The van der Waals surface area contributed by atoms with Crippen LogP contribution in [-0.2, 0) is 4.74 Å². The van der Waals surface area contributed by atoms with Gasteiger partial charge in [-0.05, 0) is 25.2 Å². The second-order valence-electron chi connectivity index (χ2n) is 5.75. The van der Waals surface area contributed by atoms with E-state index >= 15 is 0 Å². The molecule has 0 aromatic rings. The van der Waals surface area contributed by atoms with Crippen LogP contribution in [0.3, 0.4) is 0 Å². The Kier molecular flexibility index (Phi) is 2.04. The summed E-state index contributed by atoms with van der Waals surface area (Å²) in [6, 6.07) is 0. The van der Waals surface area contributed by atoms with Crippen LogP contribution in [0.4, 0.5) is 0 Å². The van der Waals surface area contributed by atoms with E-state index in [2.05, 4.69) is 33.1 Å². The van der Waals surface area contributed by atoms with Gasteiger partial charge in [0.2, 0.25) is 0 Å². The first-order chi connectivity index (χ1) is 6.50. The fourth-order valence-electron chi connectivity index (χ4n) is 3.71. The number of hydrogen-bond donors (Lipinski definition) is 0. The zero-order valence-corrected chi connectivity index (χ0v) is 9.47. The summed E-state index contributed by atoms with van der Waals surface area (Å²) >= 11 is 0. The minimum absolute atomic E-state index is 0.320. The molecule has 14 heavy (non-hydrogen) atoms. The standard InChI is InChI=1S/C13H20O/c1-5-8-14-11-12(2,3)10-6-7-13(11,4)9-10/h8,10-11H,1,6-7,9H2,2-4H3. The molecule has 0 heterocycles. The molecular weight excluding hydrogens is 172 g/mol. The highest BCUT2D eigenvalue weighted by atomic mass is 16.5. The third-order valence-corrected chi connectivity index (χ3v) is 4.43. The van der Waals surface area contributed by atoms with Gasteiger partial charge in [-0.2, -0.15) is 0 Å². The highest BCUT2D eigenvalue weighted by Gasteiger charge is 2.60. The Morgan fingerprint density at radius 1 is 1.43 bits per heavy atom. The van der Waals surface area contributed by atoms with Crippen LogP contribution in [0, 0.1) is 16.7 Å². The van der Waals surface area contributed by atoms with Gasteiger partial charge < -0.3 is 4.74 Å². The maximum Gasteiger partial charge on any atom is 0.125 e.